The van der Waals surface area contributed by atoms with Crippen LogP contribution in [-0.4, -0.2) is 37.8 Å². The Hall–Kier alpha value is -3.00. The second kappa shape index (κ2) is 8.59. The van der Waals surface area contributed by atoms with Gasteiger partial charge in [0.25, 0.3) is 0 Å². The quantitative estimate of drug-likeness (QED) is 0.686. The molecule has 2 aliphatic heterocycles. The van der Waals surface area contributed by atoms with Gasteiger partial charge in [-0.05, 0) is 36.8 Å². The smallest absolute Gasteiger partial charge is 0.339 e. The first-order valence-corrected chi connectivity index (χ1v) is 9.61. The van der Waals surface area contributed by atoms with Crippen LogP contribution in [0.1, 0.15) is 23.7 Å². The van der Waals surface area contributed by atoms with Crippen LogP contribution < -0.4 is 4.74 Å². The maximum absolute atomic E-state index is 11.4. The number of hydrogen-bond acceptors (Lipinski definition) is 6. The van der Waals surface area contributed by atoms with Crippen molar-refractivity contribution in [2.24, 2.45) is 0 Å². The number of carboxylic acids is 1. The summed E-state index contributed by atoms with van der Waals surface area (Å²) >= 11 is 0. The molecular formula is C19H20O7S. The Morgan fingerprint density at radius 2 is 2.00 bits per heavy atom. The van der Waals surface area contributed by atoms with Crippen molar-refractivity contribution >= 4 is 15.8 Å². The first-order chi connectivity index (χ1) is 12.8. The Bertz CT molecular complexity index is 937. The van der Waals surface area contributed by atoms with Gasteiger partial charge in [-0.25, -0.2) is 13.2 Å². The van der Waals surface area contributed by atoms with Crippen LogP contribution in [0.4, 0.5) is 0 Å². The number of aromatic carboxylic acids is 1. The number of phenols is 1. The lowest BCUT2D eigenvalue weighted by Crippen LogP contribution is -1.99. The Labute approximate surface area is 157 Å². The predicted octanol–water partition coefficient (Wildman–Crippen LogP) is 3.16. The van der Waals surface area contributed by atoms with Crippen molar-refractivity contribution in [2.45, 2.75) is 13.3 Å². The van der Waals surface area contributed by atoms with Crippen molar-refractivity contribution in [3.8, 4) is 11.5 Å². The Morgan fingerprint density at radius 3 is 2.52 bits per heavy atom. The van der Waals surface area contributed by atoms with E-state index in [2.05, 4.69) is 6.58 Å². The number of sulfone groups is 1. The van der Waals surface area contributed by atoms with Crippen LogP contribution in [0.2, 0.25) is 0 Å². The van der Waals surface area contributed by atoms with Crippen LogP contribution in [0.15, 0.2) is 64.7 Å². The molecule has 0 spiro atoms. The molecule has 0 unspecified atom stereocenters. The first kappa shape index (κ1) is 20.3. The van der Waals surface area contributed by atoms with Gasteiger partial charge in [-0.15, -0.1) is 0 Å². The molecule has 0 saturated heterocycles. The number of fused-ring (bicyclic) bond motifs is 2. The molecule has 0 fully saturated rings. The lowest BCUT2D eigenvalue weighted by molar-refractivity contribution is 0.0693. The topological polar surface area (TPSA) is 110 Å². The third-order valence-corrected chi connectivity index (χ3v) is 5.33. The standard InChI is InChI=1S/C10H12O4.C9H8O3S/c1-2-5-14-7-3-4-9(11)8(6-7)10(12)13;1-2-5-12-8-6-7-3-4-9(8)13(7,10)11/h3-4,6,11H,2,5H2,1H3,(H,12,13);2-4,6H,1,5H2. The number of rotatable bonds is 7. The minimum Gasteiger partial charge on any atom is -0.507 e. The minimum absolute atomic E-state index is 0.140. The average molecular weight is 392 g/mol. The molecule has 1 aromatic carbocycles. The fourth-order valence-electron chi connectivity index (χ4n) is 2.26. The maximum atomic E-state index is 11.4. The van der Waals surface area contributed by atoms with Crippen molar-refractivity contribution in [1.29, 1.82) is 0 Å². The highest BCUT2D eigenvalue weighted by Crippen LogP contribution is 2.37. The summed E-state index contributed by atoms with van der Waals surface area (Å²) < 4.78 is 33.3. The van der Waals surface area contributed by atoms with Gasteiger partial charge in [0.1, 0.15) is 34.3 Å². The normalized spacial score (nSPS) is 15.7. The molecule has 0 amide bonds. The molecule has 2 bridgehead atoms. The number of aromatic hydroxyl groups is 1. The summed E-state index contributed by atoms with van der Waals surface area (Å²) in [5.41, 5.74) is -0.140. The van der Waals surface area contributed by atoms with Crippen molar-refractivity contribution in [3.05, 3.63) is 70.2 Å². The number of benzene rings is 1. The van der Waals surface area contributed by atoms with Crippen LogP contribution in [0.3, 0.4) is 0 Å². The summed E-state index contributed by atoms with van der Waals surface area (Å²) in [6.07, 6.45) is 7.10. The summed E-state index contributed by atoms with van der Waals surface area (Å²) in [6.45, 7) is 6.30. The Kier molecular flexibility index (Phi) is 6.46. The molecule has 144 valence electrons. The highest BCUT2D eigenvalue weighted by molar-refractivity contribution is 8.00. The van der Waals surface area contributed by atoms with Crippen LogP contribution >= 0.6 is 0 Å². The predicted molar refractivity (Wildman–Crippen MR) is 100 cm³/mol. The molecule has 8 heteroatoms. The van der Waals surface area contributed by atoms with Crippen molar-refractivity contribution in [2.75, 3.05) is 13.2 Å². The molecule has 0 radical (unpaired) electrons. The number of allylic oxidation sites excluding steroid dienone is 3. The lowest BCUT2D eigenvalue weighted by atomic mass is 10.2. The SMILES string of the molecule is C=CCOC1=C2C=CC(=C1)S2(=O)=O.CCCOc1ccc(O)c(C(=O)O)c1. The monoisotopic (exact) mass is 392 g/mol. The maximum Gasteiger partial charge on any atom is 0.339 e. The molecule has 2 heterocycles. The summed E-state index contributed by atoms with van der Waals surface area (Å²) in [5, 5.41) is 17.9. The van der Waals surface area contributed by atoms with Crippen molar-refractivity contribution in [1.82, 2.24) is 0 Å². The van der Waals surface area contributed by atoms with Crippen LogP contribution in [0, 0.1) is 0 Å². The fraction of sp³-hybridized carbons (Fsp3) is 0.211. The lowest BCUT2D eigenvalue weighted by Gasteiger charge is -2.06. The van der Waals surface area contributed by atoms with E-state index in [0.29, 0.717) is 29.6 Å². The van der Waals surface area contributed by atoms with Gasteiger partial charge in [0.05, 0.1) is 11.5 Å². The molecule has 0 aliphatic carbocycles. The van der Waals surface area contributed by atoms with E-state index in [4.69, 9.17) is 14.6 Å². The summed E-state index contributed by atoms with van der Waals surface area (Å²) in [4.78, 5) is 11.2. The van der Waals surface area contributed by atoms with Crippen LogP contribution in [0.5, 0.6) is 11.5 Å². The van der Waals surface area contributed by atoms with Crippen molar-refractivity contribution < 1.29 is 32.9 Å². The summed E-state index contributed by atoms with van der Waals surface area (Å²) in [6, 6.07) is 4.17. The van der Waals surface area contributed by atoms with Gasteiger partial charge < -0.3 is 19.7 Å². The van der Waals surface area contributed by atoms with Gasteiger partial charge >= 0.3 is 5.97 Å². The van der Waals surface area contributed by atoms with Crippen molar-refractivity contribution in [3.63, 3.8) is 0 Å². The summed E-state index contributed by atoms with van der Waals surface area (Å²) in [5.74, 6) is -0.523. The minimum atomic E-state index is -3.20. The fourth-order valence-corrected chi connectivity index (χ4v) is 3.66. The third kappa shape index (κ3) is 4.59. The molecule has 2 aliphatic rings. The van der Waals surface area contributed by atoms with Crippen LogP contribution in [0.25, 0.3) is 0 Å². The van der Waals surface area contributed by atoms with E-state index in [1.54, 1.807) is 18.2 Å². The van der Waals surface area contributed by atoms with E-state index in [-0.39, 0.29) is 16.2 Å². The first-order valence-electron chi connectivity index (χ1n) is 8.13. The molecule has 27 heavy (non-hydrogen) atoms. The van der Waals surface area contributed by atoms with Gasteiger partial charge in [0, 0.05) is 6.08 Å². The van der Waals surface area contributed by atoms with Gasteiger partial charge in [-0.3, -0.25) is 0 Å². The number of ether oxygens (including phenoxy) is 2. The number of carbonyl (C=O) groups is 1. The average Bonchev–Trinajstić information content (AvgIpc) is 3.06. The van der Waals surface area contributed by atoms with E-state index in [1.165, 1.54) is 24.3 Å². The molecule has 7 nitrogen and oxygen atoms in total. The highest BCUT2D eigenvalue weighted by atomic mass is 32.2. The largest absolute Gasteiger partial charge is 0.507 e. The number of hydrogen-bond donors (Lipinski definition) is 2. The van der Waals surface area contributed by atoms with E-state index in [9.17, 15) is 18.3 Å². The van der Waals surface area contributed by atoms with Gasteiger partial charge in [-0.2, -0.15) is 0 Å². The van der Waals surface area contributed by atoms with E-state index < -0.39 is 15.8 Å². The molecule has 2 N–H and O–H groups in total. The van der Waals surface area contributed by atoms with Crippen LogP contribution in [-0.2, 0) is 14.6 Å². The molecule has 0 saturated carbocycles. The molecule has 0 aromatic heterocycles. The second-order valence-electron chi connectivity index (χ2n) is 5.54. The third-order valence-electron chi connectivity index (χ3n) is 3.54. The van der Waals surface area contributed by atoms with E-state index in [0.717, 1.165) is 6.42 Å². The zero-order chi connectivity index (χ0) is 20.0. The molecule has 1 aromatic rings. The Morgan fingerprint density at radius 1 is 1.26 bits per heavy atom. The van der Waals surface area contributed by atoms with E-state index >= 15 is 0 Å². The van der Waals surface area contributed by atoms with E-state index in [1.807, 2.05) is 6.92 Å². The van der Waals surface area contributed by atoms with Gasteiger partial charge in [-0.1, -0.05) is 19.6 Å². The summed E-state index contributed by atoms with van der Waals surface area (Å²) in [7, 11) is -3.20. The Balaban J connectivity index is 0.000000194. The second-order valence-corrected chi connectivity index (χ2v) is 7.46. The van der Waals surface area contributed by atoms with Gasteiger partial charge in [0.15, 0.2) is 0 Å². The highest BCUT2D eigenvalue weighted by Gasteiger charge is 2.34. The zero-order valence-corrected chi connectivity index (χ0v) is 15.5. The van der Waals surface area contributed by atoms with Gasteiger partial charge in [0.2, 0.25) is 9.84 Å². The molecule has 0 atom stereocenters. The number of carboxylic acid groups (broad SMARTS) is 1. The molecular weight excluding hydrogens is 372 g/mol. The zero-order valence-electron chi connectivity index (χ0n) is 14.7. The molecule has 3 rings (SSSR count).